The maximum absolute atomic E-state index is 14.5. The first-order valence-electron chi connectivity index (χ1n) is 22.7. The zero-order chi connectivity index (χ0) is 47.2. The molecule has 3 aliphatic rings. The minimum Gasteiger partial charge on any atom is -0.459 e. The zero-order valence-electron chi connectivity index (χ0n) is 39.9. The van der Waals surface area contributed by atoms with Crippen LogP contribution in [0.3, 0.4) is 0 Å². The number of hydrogen-bond donors (Lipinski definition) is 7. The molecule has 17 heteroatoms. The van der Waals surface area contributed by atoms with Crippen molar-refractivity contribution in [1.82, 2.24) is 15.1 Å². The third-order valence-corrected chi connectivity index (χ3v) is 13.8. The molecular formula is C46H80N4O13. The van der Waals surface area contributed by atoms with Crippen molar-refractivity contribution in [2.45, 2.75) is 185 Å². The molecule has 7 N–H and O–H groups in total. The number of esters is 1. The smallest absolute Gasteiger partial charge is 0.319 e. The molecule has 0 unspecified atom stereocenters. The fourth-order valence-electron chi connectivity index (χ4n) is 9.91. The number of nitrogens with one attached hydrogen (secondary N) is 2. The fraction of sp³-hybridized carbons (Fsp3) is 0.826. The number of ether oxygens (including phenoxy) is 6. The Kier molecular flexibility index (Phi) is 18.8. The lowest BCUT2D eigenvalue weighted by molar-refractivity contribution is -0.318. The van der Waals surface area contributed by atoms with Gasteiger partial charge in [-0.1, -0.05) is 39.0 Å². The summed E-state index contributed by atoms with van der Waals surface area (Å²) < 4.78 is 37.9. The molecule has 0 aromatic heterocycles. The molecule has 0 saturated carbocycles. The first-order valence-corrected chi connectivity index (χ1v) is 22.7. The van der Waals surface area contributed by atoms with Crippen LogP contribution in [-0.2, 0) is 33.2 Å². The molecule has 0 bridgehead atoms. The number of urea groups is 1. The minimum absolute atomic E-state index is 0.0976. The van der Waals surface area contributed by atoms with Gasteiger partial charge in [-0.3, -0.25) is 9.69 Å². The average Bonchev–Trinajstić information content (AvgIpc) is 3.21. The van der Waals surface area contributed by atoms with Gasteiger partial charge in [-0.2, -0.15) is 0 Å². The second-order valence-corrected chi connectivity index (χ2v) is 19.5. The summed E-state index contributed by atoms with van der Waals surface area (Å²) in [5, 5.41) is 65.3. The van der Waals surface area contributed by atoms with Gasteiger partial charge >= 0.3 is 12.0 Å². The number of nitrogens with zero attached hydrogens (tertiary/aromatic N) is 2. The van der Waals surface area contributed by atoms with E-state index in [0.29, 0.717) is 18.7 Å². The van der Waals surface area contributed by atoms with E-state index in [9.17, 15) is 35.1 Å². The van der Waals surface area contributed by atoms with Gasteiger partial charge in [-0.25, -0.2) is 4.79 Å². The van der Waals surface area contributed by atoms with Crippen LogP contribution >= 0.6 is 0 Å². The average molecular weight is 897 g/mol. The number of amides is 2. The van der Waals surface area contributed by atoms with Crippen LogP contribution in [0.25, 0.3) is 0 Å². The Morgan fingerprint density at radius 3 is 2.21 bits per heavy atom. The number of rotatable bonds is 11. The molecule has 17 nitrogen and oxygen atoms in total. The number of para-hydroxylation sites is 1. The molecule has 362 valence electrons. The van der Waals surface area contributed by atoms with Gasteiger partial charge in [-0.05, 0) is 99.9 Å². The quantitative estimate of drug-likeness (QED) is 0.159. The zero-order valence-corrected chi connectivity index (χ0v) is 39.9. The molecule has 3 saturated heterocycles. The van der Waals surface area contributed by atoms with Crippen LogP contribution < -0.4 is 10.6 Å². The van der Waals surface area contributed by atoms with Crippen molar-refractivity contribution >= 4 is 17.7 Å². The lowest BCUT2D eigenvalue weighted by Crippen LogP contribution is -2.60. The van der Waals surface area contributed by atoms with Crippen LogP contribution in [0.4, 0.5) is 10.5 Å². The molecule has 18 atom stereocenters. The van der Waals surface area contributed by atoms with Crippen molar-refractivity contribution in [2.75, 3.05) is 46.2 Å². The number of benzene rings is 1. The Balaban J connectivity index is 1.78. The number of methoxy groups -OCH3 is 1. The number of hydrogen-bond acceptors (Lipinski definition) is 15. The Morgan fingerprint density at radius 2 is 1.60 bits per heavy atom. The first kappa shape index (κ1) is 53.1. The fourth-order valence-corrected chi connectivity index (χ4v) is 9.91. The topological polar surface area (TPSA) is 221 Å². The van der Waals surface area contributed by atoms with Gasteiger partial charge in [0.15, 0.2) is 12.6 Å². The van der Waals surface area contributed by atoms with E-state index in [1.165, 1.54) is 14.0 Å². The number of carbonyl (C=O) groups excluding carboxylic acids is 2. The summed E-state index contributed by atoms with van der Waals surface area (Å²) in [6.07, 6.45) is -9.13. The van der Waals surface area contributed by atoms with Gasteiger partial charge in [-0.15, -0.1) is 0 Å². The van der Waals surface area contributed by atoms with Gasteiger partial charge in [0, 0.05) is 56.9 Å². The van der Waals surface area contributed by atoms with Gasteiger partial charge in [0.25, 0.3) is 0 Å². The van der Waals surface area contributed by atoms with E-state index in [-0.39, 0.29) is 50.4 Å². The molecular weight excluding hydrogens is 817 g/mol. The Morgan fingerprint density at radius 1 is 0.952 bits per heavy atom. The standard InChI is InChI=1S/C46H80N4O13/c1-14-34-46(10,57)38(52)30(6)50(21-20-47-43(55)48-32-18-16-15-17-19-32)25-26(2)23-44(8,56)40(63-42-36(51)33(49(11)12)22-27(3)59-42)28(4)37(29(5)41(54)61-34)62-35-24-45(9,58-13)39(53)31(7)60-35/h15-19,26-31,33-40,42,51-53,56-57H,14,20-25H2,1-13H3,(H2,47,48,55)/t26-,27-,28+,29-,30-,31+,33+,34-,35-,36-,37+,38-,39+,40-,42+,44-,45-,46-/m1/s1. The van der Waals surface area contributed by atoms with Crippen LogP contribution in [0.5, 0.6) is 0 Å². The third-order valence-electron chi connectivity index (χ3n) is 13.8. The van der Waals surface area contributed by atoms with Gasteiger partial charge in [0.2, 0.25) is 0 Å². The maximum atomic E-state index is 14.5. The molecule has 63 heavy (non-hydrogen) atoms. The second-order valence-electron chi connectivity index (χ2n) is 19.5. The SMILES string of the molecule is CC[C@H]1OC(=O)[C@H](C)[C@@H](O[C@@H]2C[C@@](C)(OC)[C@@H](O)[C@H](C)O2)[C@H](C)[C@@H](O[C@@H]2O[C@H](C)C[C@H](N(C)C)[C@H]2O)[C@](C)(O)C[C@@H](C)CN(CCNC(=O)Nc2ccccc2)[C@H](C)[C@@H](O)[C@]1(C)O. The molecule has 3 heterocycles. The highest BCUT2D eigenvalue weighted by atomic mass is 16.7. The predicted octanol–water partition coefficient (Wildman–Crippen LogP) is 3.09. The summed E-state index contributed by atoms with van der Waals surface area (Å²) in [5.41, 5.74) is -4.04. The largest absolute Gasteiger partial charge is 0.459 e. The van der Waals surface area contributed by atoms with E-state index >= 15 is 0 Å². The lowest BCUT2D eigenvalue weighted by atomic mass is 9.77. The number of likely N-dealkylation sites (N-methyl/N-ethyl adjacent to an activating group) is 1. The van der Waals surface area contributed by atoms with Crippen molar-refractivity contribution < 1.29 is 63.5 Å². The number of cyclic esters (lactones) is 1. The Labute approximate surface area is 375 Å². The van der Waals surface area contributed by atoms with Crippen molar-refractivity contribution in [3.8, 4) is 0 Å². The monoisotopic (exact) mass is 897 g/mol. The van der Waals surface area contributed by atoms with Crippen molar-refractivity contribution in [3.05, 3.63) is 30.3 Å². The van der Waals surface area contributed by atoms with E-state index in [4.69, 9.17) is 28.4 Å². The molecule has 0 spiro atoms. The molecule has 4 rings (SSSR count). The normalized spacial score (nSPS) is 42.8. The van der Waals surface area contributed by atoms with Crippen LogP contribution in [0.2, 0.25) is 0 Å². The summed E-state index contributed by atoms with van der Waals surface area (Å²) in [5.74, 6) is -2.92. The molecule has 2 amide bonds. The lowest BCUT2D eigenvalue weighted by Gasteiger charge is -2.48. The third kappa shape index (κ3) is 13.1. The number of aliphatic hydroxyl groups excluding tert-OH is 3. The summed E-state index contributed by atoms with van der Waals surface area (Å²) in [6, 6.07) is 7.56. The second kappa shape index (κ2) is 22.3. The van der Waals surface area contributed by atoms with Crippen LogP contribution in [0.1, 0.15) is 94.9 Å². The summed E-state index contributed by atoms with van der Waals surface area (Å²) in [7, 11) is 5.24. The number of aliphatic hydroxyl groups is 5. The van der Waals surface area contributed by atoms with Crippen LogP contribution in [0, 0.1) is 17.8 Å². The van der Waals surface area contributed by atoms with E-state index in [1.807, 2.05) is 55.9 Å². The molecule has 1 aromatic carbocycles. The van der Waals surface area contributed by atoms with Crippen LogP contribution in [0.15, 0.2) is 30.3 Å². The van der Waals surface area contributed by atoms with Crippen molar-refractivity contribution in [1.29, 1.82) is 0 Å². The summed E-state index contributed by atoms with van der Waals surface area (Å²) >= 11 is 0. The highest BCUT2D eigenvalue weighted by molar-refractivity contribution is 5.89. The summed E-state index contributed by atoms with van der Waals surface area (Å²) in [4.78, 5) is 31.2. The Bertz CT molecular complexity index is 1590. The van der Waals surface area contributed by atoms with Crippen molar-refractivity contribution in [3.63, 3.8) is 0 Å². The minimum atomic E-state index is -1.94. The van der Waals surface area contributed by atoms with Crippen molar-refractivity contribution in [2.24, 2.45) is 17.8 Å². The summed E-state index contributed by atoms with van der Waals surface area (Å²) in [6.45, 7) is 18.1. The predicted molar refractivity (Wildman–Crippen MR) is 237 cm³/mol. The van der Waals surface area contributed by atoms with E-state index in [2.05, 4.69) is 10.6 Å². The molecule has 0 aliphatic carbocycles. The van der Waals surface area contributed by atoms with E-state index in [1.54, 1.807) is 60.6 Å². The molecule has 0 radical (unpaired) electrons. The Hall–Kier alpha value is -2.52. The molecule has 1 aromatic rings. The number of anilines is 1. The number of carbonyl (C=O) groups is 2. The van der Waals surface area contributed by atoms with E-state index in [0.717, 1.165) is 0 Å². The highest BCUT2D eigenvalue weighted by Gasteiger charge is 2.53. The molecule has 3 fully saturated rings. The van der Waals surface area contributed by atoms with Gasteiger partial charge in [0.05, 0.1) is 41.5 Å². The highest BCUT2D eigenvalue weighted by Crippen LogP contribution is 2.40. The van der Waals surface area contributed by atoms with E-state index < -0.39 is 102 Å². The van der Waals surface area contributed by atoms with Gasteiger partial charge < -0.3 is 69.5 Å². The first-order chi connectivity index (χ1) is 29.4. The molecule has 3 aliphatic heterocycles. The van der Waals surface area contributed by atoms with Crippen LogP contribution in [-0.4, -0.2) is 178 Å². The van der Waals surface area contributed by atoms with Gasteiger partial charge in [0.1, 0.15) is 30.0 Å². The maximum Gasteiger partial charge on any atom is 0.319 e.